The molecule has 0 aliphatic rings. The molecule has 0 spiro atoms. The molecule has 0 aliphatic carbocycles. The van der Waals surface area contributed by atoms with E-state index in [2.05, 4.69) is 96.0 Å². The maximum Gasteiger partial charge on any atom is 0.144 e. The lowest BCUT2D eigenvalue weighted by atomic mass is 9.95. The summed E-state index contributed by atoms with van der Waals surface area (Å²) >= 11 is 0. The monoisotopic (exact) mass is 523 g/mol. The van der Waals surface area contributed by atoms with Crippen molar-refractivity contribution in [2.24, 2.45) is 0 Å². The Labute approximate surface area is 234 Å². The van der Waals surface area contributed by atoms with Gasteiger partial charge in [0.2, 0.25) is 0 Å². The Bertz CT molecular complexity index is 2480. The van der Waals surface area contributed by atoms with Crippen LogP contribution in [0.15, 0.2) is 132 Å². The molecule has 0 saturated carbocycles. The second-order valence-corrected chi connectivity index (χ2v) is 10.4. The third-order valence-corrected chi connectivity index (χ3v) is 8.12. The smallest absolute Gasteiger partial charge is 0.144 e. The van der Waals surface area contributed by atoms with E-state index in [4.69, 9.17) is 14.4 Å². The molecule has 4 nitrogen and oxygen atoms in total. The summed E-state index contributed by atoms with van der Waals surface area (Å²) in [6.07, 6.45) is 3.66. The first kappa shape index (κ1) is 22.2. The number of furan rings is 1. The number of para-hydroxylation sites is 1. The van der Waals surface area contributed by atoms with Crippen molar-refractivity contribution in [2.75, 3.05) is 0 Å². The average molecular weight is 524 g/mol. The Kier molecular flexibility index (Phi) is 4.58. The summed E-state index contributed by atoms with van der Waals surface area (Å²) in [5.41, 5.74) is 8.84. The van der Waals surface area contributed by atoms with Crippen molar-refractivity contribution >= 4 is 65.4 Å². The van der Waals surface area contributed by atoms with E-state index < -0.39 is 0 Å². The normalized spacial score (nSPS) is 11.9. The molecule has 0 atom stereocenters. The van der Waals surface area contributed by atoms with Gasteiger partial charge in [-0.3, -0.25) is 9.97 Å². The molecule has 0 radical (unpaired) electrons. The molecular weight excluding hydrogens is 502 g/mol. The van der Waals surface area contributed by atoms with Gasteiger partial charge < -0.3 is 4.42 Å². The van der Waals surface area contributed by atoms with Gasteiger partial charge >= 0.3 is 0 Å². The molecular formula is C37H21N3O. The Morgan fingerprint density at radius 1 is 0.512 bits per heavy atom. The quantitative estimate of drug-likeness (QED) is 0.212. The second-order valence-electron chi connectivity index (χ2n) is 10.4. The lowest BCUT2D eigenvalue weighted by Crippen LogP contribution is -1.90. The van der Waals surface area contributed by atoms with Gasteiger partial charge in [0.15, 0.2) is 0 Å². The molecule has 0 unspecified atom stereocenters. The largest absolute Gasteiger partial charge is 0.455 e. The van der Waals surface area contributed by atoms with Crippen LogP contribution in [0.2, 0.25) is 0 Å². The van der Waals surface area contributed by atoms with Crippen LogP contribution in [0, 0.1) is 0 Å². The number of pyridine rings is 3. The molecule has 4 aromatic heterocycles. The molecule has 190 valence electrons. The maximum absolute atomic E-state index is 6.66. The minimum absolute atomic E-state index is 0.864. The van der Waals surface area contributed by atoms with Gasteiger partial charge in [0.25, 0.3) is 0 Å². The fourth-order valence-corrected chi connectivity index (χ4v) is 6.27. The van der Waals surface area contributed by atoms with E-state index >= 15 is 0 Å². The molecule has 0 saturated heterocycles. The Morgan fingerprint density at radius 2 is 1.29 bits per heavy atom. The van der Waals surface area contributed by atoms with Gasteiger partial charge in [-0.25, -0.2) is 4.98 Å². The number of rotatable bonds is 2. The van der Waals surface area contributed by atoms with Crippen LogP contribution in [0.5, 0.6) is 0 Å². The van der Waals surface area contributed by atoms with Gasteiger partial charge in [0.1, 0.15) is 11.2 Å². The van der Waals surface area contributed by atoms with Crippen LogP contribution in [-0.4, -0.2) is 15.0 Å². The fourth-order valence-electron chi connectivity index (χ4n) is 6.27. The standard InChI is InChI=1S/C37H21N3O/c1-2-8-22(9-3-1)34-28-16-15-26-30-20-23(29-21-24-10-6-18-38-35(24)36-25(29)12-7-19-39-36)14-17-32(30)41-37(26)33(28)27-11-4-5-13-31(27)40-34/h1-21H. The van der Waals surface area contributed by atoms with Gasteiger partial charge in [0, 0.05) is 55.7 Å². The van der Waals surface area contributed by atoms with E-state index in [1.54, 1.807) is 0 Å². The molecule has 9 rings (SSSR count). The Balaban J connectivity index is 1.36. The van der Waals surface area contributed by atoms with E-state index in [1.807, 2.05) is 36.7 Å². The van der Waals surface area contributed by atoms with Crippen molar-refractivity contribution in [3.05, 3.63) is 128 Å². The summed E-state index contributed by atoms with van der Waals surface area (Å²) in [4.78, 5) is 14.4. The molecule has 5 aromatic carbocycles. The van der Waals surface area contributed by atoms with Crippen molar-refractivity contribution < 1.29 is 4.42 Å². The third-order valence-electron chi connectivity index (χ3n) is 8.12. The summed E-state index contributed by atoms with van der Waals surface area (Å²) in [5, 5.41) is 7.60. The predicted molar refractivity (Wildman–Crippen MR) is 168 cm³/mol. The van der Waals surface area contributed by atoms with Crippen LogP contribution in [0.25, 0.3) is 87.8 Å². The molecule has 0 bridgehead atoms. The topological polar surface area (TPSA) is 51.8 Å². The molecule has 41 heavy (non-hydrogen) atoms. The number of aromatic nitrogens is 3. The van der Waals surface area contributed by atoms with Gasteiger partial charge in [-0.05, 0) is 53.6 Å². The third kappa shape index (κ3) is 3.25. The SMILES string of the molecule is c1ccc(-c2nc3ccccc3c3c2ccc2c4cc(-c5cc6cccnc6c6ncccc56)ccc4oc23)cc1. The molecule has 0 N–H and O–H groups in total. The maximum atomic E-state index is 6.66. The van der Waals surface area contributed by atoms with Crippen LogP contribution in [0.4, 0.5) is 0 Å². The van der Waals surface area contributed by atoms with Crippen molar-refractivity contribution in [1.82, 2.24) is 15.0 Å². The molecule has 9 aromatic rings. The number of hydrogen-bond acceptors (Lipinski definition) is 4. The summed E-state index contributed by atoms with van der Waals surface area (Å²) in [7, 11) is 0. The van der Waals surface area contributed by atoms with Crippen LogP contribution in [0.1, 0.15) is 0 Å². The van der Waals surface area contributed by atoms with Crippen molar-refractivity contribution in [1.29, 1.82) is 0 Å². The Hall–Kier alpha value is -5.61. The van der Waals surface area contributed by atoms with Gasteiger partial charge in [-0.15, -0.1) is 0 Å². The summed E-state index contributed by atoms with van der Waals surface area (Å²) in [5.74, 6) is 0. The van der Waals surface area contributed by atoms with E-state index in [0.717, 1.165) is 87.8 Å². The summed E-state index contributed by atoms with van der Waals surface area (Å²) < 4.78 is 6.66. The van der Waals surface area contributed by atoms with Gasteiger partial charge in [-0.1, -0.05) is 72.8 Å². The number of hydrogen-bond donors (Lipinski definition) is 0. The number of benzene rings is 5. The zero-order valence-electron chi connectivity index (χ0n) is 21.9. The minimum Gasteiger partial charge on any atom is -0.455 e. The summed E-state index contributed by atoms with van der Waals surface area (Å²) in [6, 6.07) is 40.0. The van der Waals surface area contributed by atoms with Crippen molar-refractivity contribution in [3.8, 4) is 22.4 Å². The lowest BCUT2D eigenvalue weighted by Gasteiger charge is -2.10. The zero-order valence-corrected chi connectivity index (χ0v) is 21.9. The molecule has 0 aliphatic heterocycles. The van der Waals surface area contributed by atoms with E-state index in [1.165, 1.54) is 0 Å². The average Bonchev–Trinajstić information content (AvgIpc) is 3.42. The first-order valence-corrected chi connectivity index (χ1v) is 13.7. The lowest BCUT2D eigenvalue weighted by molar-refractivity contribution is 0.673. The van der Waals surface area contributed by atoms with Gasteiger partial charge in [0.05, 0.1) is 22.2 Å². The van der Waals surface area contributed by atoms with Crippen LogP contribution in [-0.2, 0) is 0 Å². The van der Waals surface area contributed by atoms with E-state index in [0.29, 0.717) is 0 Å². The first-order valence-electron chi connectivity index (χ1n) is 13.7. The molecule has 0 amide bonds. The van der Waals surface area contributed by atoms with Crippen molar-refractivity contribution in [3.63, 3.8) is 0 Å². The molecule has 4 heterocycles. The van der Waals surface area contributed by atoms with Gasteiger partial charge in [-0.2, -0.15) is 0 Å². The fraction of sp³-hybridized carbons (Fsp3) is 0. The highest BCUT2D eigenvalue weighted by Crippen LogP contribution is 2.42. The number of fused-ring (bicyclic) bond motifs is 10. The Morgan fingerprint density at radius 3 is 2.22 bits per heavy atom. The highest BCUT2D eigenvalue weighted by atomic mass is 16.3. The highest BCUT2D eigenvalue weighted by molar-refractivity contribution is 6.25. The minimum atomic E-state index is 0.864. The predicted octanol–water partition coefficient (Wildman–Crippen LogP) is 9.72. The van der Waals surface area contributed by atoms with Crippen molar-refractivity contribution in [2.45, 2.75) is 0 Å². The van der Waals surface area contributed by atoms with Crippen LogP contribution >= 0.6 is 0 Å². The zero-order chi connectivity index (χ0) is 26.9. The molecule has 0 fully saturated rings. The van der Waals surface area contributed by atoms with E-state index in [-0.39, 0.29) is 0 Å². The highest BCUT2D eigenvalue weighted by Gasteiger charge is 2.18. The first-order chi connectivity index (χ1) is 20.3. The van der Waals surface area contributed by atoms with E-state index in [9.17, 15) is 0 Å². The summed E-state index contributed by atoms with van der Waals surface area (Å²) in [6.45, 7) is 0. The molecule has 4 heteroatoms. The van der Waals surface area contributed by atoms with Crippen LogP contribution in [0.3, 0.4) is 0 Å². The number of nitrogens with zero attached hydrogens (tertiary/aromatic N) is 3. The second kappa shape index (κ2) is 8.44. The van der Waals surface area contributed by atoms with Crippen LogP contribution < -0.4 is 0 Å².